The Morgan fingerprint density at radius 3 is 2.48 bits per heavy atom. The minimum absolute atomic E-state index is 0. The molecule has 0 radical (unpaired) electrons. The summed E-state index contributed by atoms with van der Waals surface area (Å²) < 4.78 is 26.7. The molecular weight excluding hydrogens is 314 g/mol. The molecule has 1 N–H and O–H groups in total. The van der Waals surface area contributed by atoms with Gasteiger partial charge in [0.1, 0.15) is 0 Å². The van der Waals surface area contributed by atoms with Crippen molar-refractivity contribution in [3.63, 3.8) is 0 Å². The standard InChI is InChI=1S/C15H16F2N2S.ClH/c16-12-4-3-11(10-13(12)17)15(14-2-1-9-20-14)19-7-5-18-6-8-19;/h1-4,9-10,15,18H,5-8H2;1H/t15-;/m1./s1. The quantitative estimate of drug-likeness (QED) is 0.927. The molecule has 1 saturated heterocycles. The van der Waals surface area contributed by atoms with Gasteiger partial charge in [-0.25, -0.2) is 8.78 Å². The number of rotatable bonds is 3. The zero-order valence-corrected chi connectivity index (χ0v) is 13.0. The lowest BCUT2D eigenvalue weighted by Gasteiger charge is -2.34. The lowest BCUT2D eigenvalue weighted by Crippen LogP contribution is -2.45. The van der Waals surface area contributed by atoms with Gasteiger partial charge in [-0.05, 0) is 29.1 Å². The van der Waals surface area contributed by atoms with Crippen molar-refractivity contribution in [2.45, 2.75) is 6.04 Å². The molecule has 3 rings (SSSR count). The first-order chi connectivity index (χ1) is 9.75. The average Bonchev–Trinajstić information content (AvgIpc) is 2.98. The van der Waals surface area contributed by atoms with E-state index in [-0.39, 0.29) is 18.4 Å². The van der Waals surface area contributed by atoms with Gasteiger partial charge in [0.15, 0.2) is 11.6 Å². The molecule has 0 bridgehead atoms. The summed E-state index contributed by atoms with van der Waals surface area (Å²) >= 11 is 1.65. The second kappa shape index (κ2) is 7.31. The van der Waals surface area contributed by atoms with Crippen LogP contribution in [-0.2, 0) is 0 Å². The third kappa shape index (κ3) is 3.61. The summed E-state index contributed by atoms with van der Waals surface area (Å²) in [5.74, 6) is -1.57. The van der Waals surface area contributed by atoms with E-state index in [4.69, 9.17) is 0 Å². The minimum atomic E-state index is -0.793. The van der Waals surface area contributed by atoms with Crippen molar-refractivity contribution in [2.75, 3.05) is 26.2 Å². The van der Waals surface area contributed by atoms with Gasteiger partial charge >= 0.3 is 0 Å². The number of piperazine rings is 1. The third-order valence-electron chi connectivity index (χ3n) is 3.59. The minimum Gasteiger partial charge on any atom is -0.314 e. The fourth-order valence-electron chi connectivity index (χ4n) is 2.62. The van der Waals surface area contributed by atoms with E-state index in [9.17, 15) is 8.78 Å². The normalized spacial score (nSPS) is 17.2. The highest BCUT2D eigenvalue weighted by molar-refractivity contribution is 7.10. The lowest BCUT2D eigenvalue weighted by molar-refractivity contribution is 0.200. The first-order valence-corrected chi connectivity index (χ1v) is 7.57. The number of nitrogens with zero attached hydrogens (tertiary/aromatic N) is 1. The highest BCUT2D eigenvalue weighted by Gasteiger charge is 2.25. The second-order valence-corrected chi connectivity index (χ2v) is 5.86. The maximum atomic E-state index is 13.5. The number of hydrogen-bond donors (Lipinski definition) is 1. The van der Waals surface area contributed by atoms with Crippen molar-refractivity contribution in [3.05, 3.63) is 57.8 Å². The molecule has 2 heterocycles. The zero-order chi connectivity index (χ0) is 13.9. The summed E-state index contributed by atoms with van der Waals surface area (Å²) in [5, 5.41) is 5.33. The molecule has 0 spiro atoms. The van der Waals surface area contributed by atoms with Crippen molar-refractivity contribution in [2.24, 2.45) is 0 Å². The summed E-state index contributed by atoms with van der Waals surface area (Å²) in [5.41, 5.74) is 0.813. The molecule has 1 fully saturated rings. The van der Waals surface area contributed by atoms with Gasteiger partial charge in [-0.15, -0.1) is 23.7 Å². The van der Waals surface area contributed by atoms with E-state index in [0.717, 1.165) is 36.6 Å². The van der Waals surface area contributed by atoms with Crippen LogP contribution in [0.15, 0.2) is 35.7 Å². The van der Waals surface area contributed by atoms with Crippen LogP contribution in [0.2, 0.25) is 0 Å². The average molecular weight is 331 g/mol. The van der Waals surface area contributed by atoms with Gasteiger partial charge in [-0.1, -0.05) is 12.1 Å². The smallest absolute Gasteiger partial charge is 0.159 e. The Morgan fingerprint density at radius 1 is 1.10 bits per heavy atom. The molecule has 1 atom stereocenters. The van der Waals surface area contributed by atoms with Crippen LogP contribution in [0, 0.1) is 11.6 Å². The van der Waals surface area contributed by atoms with Crippen molar-refractivity contribution < 1.29 is 8.78 Å². The van der Waals surface area contributed by atoms with Crippen molar-refractivity contribution in [3.8, 4) is 0 Å². The third-order valence-corrected chi connectivity index (χ3v) is 4.51. The van der Waals surface area contributed by atoms with Gasteiger partial charge in [0.05, 0.1) is 6.04 Å². The van der Waals surface area contributed by atoms with Crippen LogP contribution < -0.4 is 5.32 Å². The Balaban J connectivity index is 0.00000161. The SMILES string of the molecule is Cl.Fc1ccc([C@H](c2cccs2)N2CCNCC2)cc1F. The summed E-state index contributed by atoms with van der Waals surface area (Å²) in [6.07, 6.45) is 0. The highest BCUT2D eigenvalue weighted by atomic mass is 35.5. The Kier molecular flexibility index (Phi) is 5.70. The molecule has 6 heteroatoms. The molecule has 0 aliphatic carbocycles. The molecule has 0 amide bonds. The fraction of sp³-hybridized carbons (Fsp3) is 0.333. The van der Waals surface area contributed by atoms with E-state index < -0.39 is 11.6 Å². The Bertz CT molecular complexity index is 571. The van der Waals surface area contributed by atoms with E-state index in [1.54, 1.807) is 17.4 Å². The van der Waals surface area contributed by atoms with Crippen LogP contribution in [0.4, 0.5) is 8.78 Å². The maximum Gasteiger partial charge on any atom is 0.159 e. The van der Waals surface area contributed by atoms with Gasteiger partial charge < -0.3 is 5.32 Å². The van der Waals surface area contributed by atoms with Gasteiger partial charge in [-0.3, -0.25) is 4.90 Å². The predicted molar refractivity (Wildman–Crippen MR) is 84.2 cm³/mol. The first kappa shape index (κ1) is 16.4. The van der Waals surface area contributed by atoms with Crippen LogP contribution in [0.5, 0.6) is 0 Å². The van der Waals surface area contributed by atoms with E-state index >= 15 is 0 Å². The largest absolute Gasteiger partial charge is 0.314 e. The van der Waals surface area contributed by atoms with Gasteiger partial charge in [0, 0.05) is 31.1 Å². The Morgan fingerprint density at radius 2 is 1.86 bits per heavy atom. The molecule has 1 aliphatic heterocycles. The summed E-state index contributed by atoms with van der Waals surface area (Å²) in [6, 6.07) is 8.28. The first-order valence-electron chi connectivity index (χ1n) is 6.69. The fourth-order valence-corrected chi connectivity index (χ4v) is 3.51. The molecule has 21 heavy (non-hydrogen) atoms. The summed E-state index contributed by atoms with van der Waals surface area (Å²) in [4.78, 5) is 3.48. The van der Waals surface area contributed by atoms with Gasteiger partial charge in [0.2, 0.25) is 0 Å². The highest BCUT2D eigenvalue weighted by Crippen LogP contribution is 2.32. The van der Waals surface area contributed by atoms with Crippen LogP contribution in [-0.4, -0.2) is 31.1 Å². The predicted octanol–water partition coefficient (Wildman–Crippen LogP) is 3.44. The van der Waals surface area contributed by atoms with Crippen molar-refractivity contribution in [1.82, 2.24) is 10.2 Å². The topological polar surface area (TPSA) is 15.3 Å². The molecule has 0 saturated carbocycles. The maximum absolute atomic E-state index is 13.5. The van der Waals surface area contributed by atoms with E-state index in [0.29, 0.717) is 0 Å². The summed E-state index contributed by atoms with van der Waals surface area (Å²) in [7, 11) is 0. The number of halogens is 3. The van der Waals surface area contributed by atoms with Crippen molar-refractivity contribution in [1.29, 1.82) is 0 Å². The molecule has 2 aromatic rings. The number of nitrogens with one attached hydrogen (secondary N) is 1. The lowest BCUT2D eigenvalue weighted by atomic mass is 10.0. The van der Waals surface area contributed by atoms with Crippen molar-refractivity contribution >= 4 is 23.7 Å². The Labute approximate surface area is 133 Å². The molecule has 1 aromatic carbocycles. The number of benzene rings is 1. The van der Waals surface area contributed by atoms with Crippen LogP contribution in [0.1, 0.15) is 16.5 Å². The van der Waals surface area contributed by atoms with Crippen LogP contribution in [0.3, 0.4) is 0 Å². The zero-order valence-electron chi connectivity index (χ0n) is 11.4. The number of thiophene rings is 1. The monoisotopic (exact) mass is 330 g/mol. The Hall–Kier alpha value is -1.01. The van der Waals surface area contributed by atoms with Gasteiger partial charge in [-0.2, -0.15) is 0 Å². The number of hydrogen-bond acceptors (Lipinski definition) is 3. The molecule has 114 valence electrons. The van der Waals surface area contributed by atoms with Gasteiger partial charge in [0.25, 0.3) is 0 Å². The summed E-state index contributed by atoms with van der Waals surface area (Å²) in [6.45, 7) is 3.65. The molecule has 2 nitrogen and oxygen atoms in total. The molecule has 1 aromatic heterocycles. The molecular formula is C15H17ClF2N2S. The molecule has 1 aliphatic rings. The van der Waals surface area contributed by atoms with Crippen LogP contribution >= 0.6 is 23.7 Å². The van der Waals surface area contributed by atoms with E-state index in [2.05, 4.69) is 16.3 Å². The van der Waals surface area contributed by atoms with Crippen LogP contribution in [0.25, 0.3) is 0 Å². The molecule has 0 unspecified atom stereocenters. The van der Waals surface area contributed by atoms with E-state index in [1.165, 1.54) is 12.1 Å². The van der Waals surface area contributed by atoms with E-state index in [1.807, 2.05) is 11.4 Å². The second-order valence-electron chi connectivity index (χ2n) is 4.88.